The van der Waals surface area contributed by atoms with Crippen molar-refractivity contribution in [3.05, 3.63) is 35.9 Å². The second kappa shape index (κ2) is 14.6. The highest BCUT2D eigenvalue weighted by atomic mass is 32.1. The van der Waals surface area contributed by atoms with Crippen molar-refractivity contribution < 1.29 is 39.0 Å². The first-order valence-corrected chi connectivity index (χ1v) is 11.1. The lowest BCUT2D eigenvalue weighted by molar-refractivity contribution is -0.147. The van der Waals surface area contributed by atoms with Crippen molar-refractivity contribution in [2.24, 2.45) is 11.5 Å². The third-order valence-electron chi connectivity index (χ3n) is 4.75. The summed E-state index contributed by atoms with van der Waals surface area (Å²) in [4.78, 5) is 71.5. The lowest BCUT2D eigenvalue weighted by atomic mass is 10.0. The predicted octanol–water partition coefficient (Wildman–Crippen LogP) is -2.23. The molecule has 1 rings (SSSR count). The molecule has 1 aromatic carbocycles. The van der Waals surface area contributed by atoms with Gasteiger partial charge in [0.25, 0.3) is 0 Å². The molecule has 0 aliphatic rings. The van der Waals surface area contributed by atoms with Crippen LogP contribution in [-0.2, 0) is 35.2 Å². The number of hydrogen-bond acceptors (Lipinski definition) is 8. The molecule has 0 fully saturated rings. The first-order chi connectivity index (χ1) is 16.4. The second-order valence-corrected chi connectivity index (χ2v) is 7.97. The molecule has 0 spiro atoms. The van der Waals surface area contributed by atoms with Gasteiger partial charge in [0, 0.05) is 18.6 Å². The number of carboxylic acid groups (broad SMARTS) is 2. The van der Waals surface area contributed by atoms with E-state index in [-0.39, 0.29) is 25.0 Å². The zero-order chi connectivity index (χ0) is 26.5. The zero-order valence-electron chi connectivity index (χ0n) is 18.7. The van der Waals surface area contributed by atoms with Crippen LogP contribution in [0.2, 0.25) is 0 Å². The van der Waals surface area contributed by atoms with Gasteiger partial charge in [-0.05, 0) is 12.0 Å². The van der Waals surface area contributed by atoms with E-state index in [9.17, 15) is 33.9 Å². The first kappa shape index (κ1) is 29.4. The Bertz CT molecular complexity index is 930. The Labute approximate surface area is 206 Å². The summed E-state index contributed by atoms with van der Waals surface area (Å²) >= 11 is 3.96. The summed E-state index contributed by atoms with van der Waals surface area (Å²) < 4.78 is 0. The number of thiol groups is 1. The minimum absolute atomic E-state index is 0.00923. The van der Waals surface area contributed by atoms with Crippen LogP contribution < -0.4 is 27.4 Å². The van der Waals surface area contributed by atoms with E-state index in [1.165, 1.54) is 0 Å². The number of carbonyl (C=O) groups is 6. The molecule has 9 N–H and O–H groups in total. The Kier molecular flexibility index (Phi) is 12.2. The lowest BCUT2D eigenvalue weighted by Crippen LogP contribution is -2.58. The minimum atomic E-state index is -1.78. The van der Waals surface area contributed by atoms with Crippen LogP contribution in [0.4, 0.5) is 0 Å². The molecule has 0 saturated carbocycles. The van der Waals surface area contributed by atoms with E-state index in [1.807, 2.05) is 5.32 Å². The lowest BCUT2D eigenvalue weighted by Gasteiger charge is -2.25. The fraction of sp³-hybridized carbons (Fsp3) is 0.429. The molecule has 0 aliphatic carbocycles. The largest absolute Gasteiger partial charge is 0.481 e. The Morgan fingerprint density at radius 2 is 1.40 bits per heavy atom. The zero-order valence-corrected chi connectivity index (χ0v) is 19.6. The highest BCUT2D eigenvalue weighted by Gasteiger charge is 2.31. The fourth-order valence-corrected chi connectivity index (χ4v) is 3.06. The topological polar surface area (TPSA) is 231 Å². The molecule has 4 atom stereocenters. The molecule has 1 aromatic rings. The normalized spacial score (nSPS) is 14.0. The Balaban J connectivity index is 3.11. The Morgan fingerprint density at radius 1 is 0.857 bits per heavy atom. The van der Waals surface area contributed by atoms with E-state index < -0.39 is 66.2 Å². The number of aliphatic carboxylic acids is 2. The number of primary amides is 1. The minimum Gasteiger partial charge on any atom is -0.481 e. The fourth-order valence-electron chi connectivity index (χ4n) is 2.90. The number of nitrogens with one attached hydrogen (secondary N) is 3. The maximum absolute atomic E-state index is 13.1. The predicted molar refractivity (Wildman–Crippen MR) is 126 cm³/mol. The van der Waals surface area contributed by atoms with Crippen molar-refractivity contribution >= 4 is 48.2 Å². The van der Waals surface area contributed by atoms with E-state index >= 15 is 0 Å². The van der Waals surface area contributed by atoms with Crippen molar-refractivity contribution in [1.82, 2.24) is 16.0 Å². The van der Waals surface area contributed by atoms with E-state index in [4.69, 9.17) is 16.6 Å². The van der Waals surface area contributed by atoms with Gasteiger partial charge in [-0.3, -0.25) is 24.0 Å². The summed E-state index contributed by atoms with van der Waals surface area (Å²) in [7, 11) is 0. The highest BCUT2D eigenvalue weighted by molar-refractivity contribution is 7.80. The Morgan fingerprint density at radius 3 is 1.91 bits per heavy atom. The van der Waals surface area contributed by atoms with E-state index in [0.717, 1.165) is 0 Å². The van der Waals surface area contributed by atoms with Crippen molar-refractivity contribution in [3.8, 4) is 0 Å². The van der Waals surface area contributed by atoms with Crippen LogP contribution in [0, 0.1) is 0 Å². The molecule has 14 heteroatoms. The van der Waals surface area contributed by atoms with Crippen LogP contribution in [0.1, 0.15) is 24.8 Å². The molecule has 0 heterocycles. The number of amides is 4. The summed E-state index contributed by atoms with van der Waals surface area (Å²) in [5.41, 5.74) is 11.5. The number of rotatable bonds is 15. The number of carbonyl (C=O) groups excluding carboxylic acids is 4. The van der Waals surface area contributed by atoms with Crippen LogP contribution in [0.5, 0.6) is 0 Å². The molecule has 0 radical (unpaired) electrons. The van der Waals surface area contributed by atoms with Crippen molar-refractivity contribution in [1.29, 1.82) is 0 Å². The molecule has 0 saturated heterocycles. The van der Waals surface area contributed by atoms with Gasteiger partial charge in [0.05, 0.1) is 12.5 Å². The van der Waals surface area contributed by atoms with Gasteiger partial charge < -0.3 is 37.6 Å². The molecule has 0 aliphatic heterocycles. The third kappa shape index (κ3) is 10.9. The number of hydrogen-bond donors (Lipinski definition) is 8. The Hall–Kier alpha value is -3.65. The van der Waals surface area contributed by atoms with Crippen molar-refractivity contribution in [3.63, 3.8) is 0 Å². The third-order valence-corrected chi connectivity index (χ3v) is 5.15. The van der Waals surface area contributed by atoms with Crippen LogP contribution in [0.25, 0.3) is 0 Å². The molecule has 4 unspecified atom stereocenters. The van der Waals surface area contributed by atoms with Gasteiger partial charge in [-0.25, -0.2) is 4.79 Å². The van der Waals surface area contributed by atoms with Crippen LogP contribution >= 0.6 is 12.6 Å². The van der Waals surface area contributed by atoms with Gasteiger partial charge in [0.1, 0.15) is 18.1 Å². The quantitative estimate of drug-likeness (QED) is 0.119. The van der Waals surface area contributed by atoms with Gasteiger partial charge in [0.15, 0.2) is 0 Å². The average Bonchev–Trinajstić information content (AvgIpc) is 2.80. The molecule has 192 valence electrons. The number of benzene rings is 1. The first-order valence-electron chi connectivity index (χ1n) is 10.5. The standard InChI is InChI=1S/C21H29N5O8S/c22-12(10-35)18(30)25-14(8-11-4-2-1-3-5-11)20(32)24-13(6-7-16(23)27)19(31)26-15(21(33)34)9-17(28)29/h1-5,12-15,35H,6-10,22H2,(H2,23,27)(H,24,32)(H,25,30)(H,26,31)(H,28,29)(H,33,34). The molecular weight excluding hydrogens is 482 g/mol. The second-order valence-electron chi connectivity index (χ2n) is 7.60. The molecule has 35 heavy (non-hydrogen) atoms. The molecule has 0 aromatic heterocycles. The summed E-state index contributed by atoms with van der Waals surface area (Å²) in [6.07, 6.45) is -1.52. The van der Waals surface area contributed by atoms with Gasteiger partial charge in [-0.1, -0.05) is 30.3 Å². The number of nitrogens with two attached hydrogens (primary N) is 2. The van der Waals surface area contributed by atoms with Crippen molar-refractivity contribution in [2.45, 2.75) is 49.9 Å². The summed E-state index contributed by atoms with van der Waals surface area (Å²) in [6.45, 7) is 0. The molecule has 4 amide bonds. The highest BCUT2D eigenvalue weighted by Crippen LogP contribution is 2.07. The SMILES string of the molecule is NC(=O)CCC(NC(=O)C(Cc1ccccc1)NC(=O)C(N)CS)C(=O)NC(CC(=O)O)C(=O)O. The van der Waals surface area contributed by atoms with E-state index in [1.54, 1.807) is 30.3 Å². The molecule has 0 bridgehead atoms. The number of carboxylic acids is 2. The van der Waals surface area contributed by atoms with Gasteiger partial charge in [0.2, 0.25) is 23.6 Å². The smallest absolute Gasteiger partial charge is 0.326 e. The van der Waals surface area contributed by atoms with Gasteiger partial charge in [-0.15, -0.1) is 0 Å². The van der Waals surface area contributed by atoms with Crippen molar-refractivity contribution in [2.75, 3.05) is 5.75 Å². The van der Waals surface area contributed by atoms with Crippen LogP contribution in [0.3, 0.4) is 0 Å². The summed E-state index contributed by atoms with van der Waals surface area (Å²) in [5.74, 6) is -6.37. The van der Waals surface area contributed by atoms with E-state index in [0.29, 0.717) is 5.56 Å². The summed E-state index contributed by atoms with van der Waals surface area (Å²) in [5, 5.41) is 24.9. The van der Waals surface area contributed by atoms with Gasteiger partial charge in [-0.2, -0.15) is 12.6 Å². The average molecular weight is 512 g/mol. The molecular formula is C21H29N5O8S. The summed E-state index contributed by atoms with van der Waals surface area (Å²) in [6, 6.07) is 3.22. The van der Waals surface area contributed by atoms with Crippen LogP contribution in [-0.4, -0.2) is 75.7 Å². The van der Waals surface area contributed by atoms with Gasteiger partial charge >= 0.3 is 11.9 Å². The molecule has 13 nitrogen and oxygen atoms in total. The monoisotopic (exact) mass is 511 g/mol. The maximum atomic E-state index is 13.1. The maximum Gasteiger partial charge on any atom is 0.326 e. The van der Waals surface area contributed by atoms with E-state index in [2.05, 4.69) is 23.3 Å². The van der Waals surface area contributed by atoms with Crippen LogP contribution in [0.15, 0.2) is 30.3 Å².